The number of hydrogen-bond acceptors (Lipinski definition) is 1. The van der Waals surface area contributed by atoms with Crippen molar-refractivity contribution in [2.75, 3.05) is 0 Å². The molecule has 1 fully saturated rings. The molecule has 1 aliphatic carbocycles. The average molecular weight is 95.1 g/mol. The van der Waals surface area contributed by atoms with E-state index >= 15 is 0 Å². The van der Waals surface area contributed by atoms with Gasteiger partial charge in [-0.15, -0.1) is 0 Å². The van der Waals surface area contributed by atoms with Crippen LogP contribution in [0.4, 0.5) is 0 Å². The Hall–Kier alpha value is -0.640. The Bertz CT molecular complexity index is 103. The summed E-state index contributed by atoms with van der Waals surface area (Å²) in [6.45, 7) is 0. The Kier molecular flexibility index (Phi) is 1.21. The zero-order chi connectivity index (χ0) is 5.11. The highest BCUT2D eigenvalue weighted by atomic mass is 14.5. The molecule has 7 heavy (non-hydrogen) atoms. The van der Waals surface area contributed by atoms with Crippen LogP contribution in [0.25, 0.3) is 0 Å². The van der Waals surface area contributed by atoms with Crippen molar-refractivity contribution in [1.29, 1.82) is 0 Å². The molecule has 1 saturated carbocycles. The molecule has 2 N–H and O–H groups in total. The summed E-state index contributed by atoms with van der Waals surface area (Å²) in [6, 6.07) is 2.39. The lowest BCUT2D eigenvalue weighted by molar-refractivity contribution is 0.883. The lowest BCUT2D eigenvalue weighted by atomic mass is 10.3. The smallest absolute Gasteiger partial charge is 0.0135 e. The van der Waals surface area contributed by atoms with Crippen LogP contribution in [-0.2, 0) is 0 Å². The Labute approximate surface area is 43.9 Å². The van der Waals surface area contributed by atoms with Crippen LogP contribution in [0, 0.1) is 17.9 Å². The van der Waals surface area contributed by atoms with E-state index in [0.717, 1.165) is 12.3 Å². The van der Waals surface area contributed by atoms with Crippen molar-refractivity contribution >= 4 is 0 Å². The fourth-order valence-corrected chi connectivity index (χ4v) is 0.525. The second-order valence-corrected chi connectivity index (χ2v) is 1.97. The molecule has 0 aromatic carbocycles. The maximum absolute atomic E-state index is 4.94. The first-order valence-corrected chi connectivity index (χ1v) is 2.62. The van der Waals surface area contributed by atoms with E-state index in [-0.39, 0.29) is 0 Å². The van der Waals surface area contributed by atoms with Crippen molar-refractivity contribution in [1.82, 2.24) is 0 Å². The van der Waals surface area contributed by atoms with Crippen molar-refractivity contribution in [2.24, 2.45) is 11.7 Å². The predicted molar refractivity (Wildman–Crippen MR) is 29.3 cm³/mol. The normalized spacial score (nSPS) is 17.7. The van der Waals surface area contributed by atoms with Gasteiger partial charge in [-0.1, -0.05) is 5.92 Å². The quantitative estimate of drug-likeness (QED) is 0.376. The zero-order valence-electron chi connectivity index (χ0n) is 4.28. The van der Waals surface area contributed by atoms with E-state index < -0.39 is 0 Å². The monoisotopic (exact) mass is 95.1 g/mol. The highest BCUT2D eigenvalue weighted by Gasteiger charge is 2.19. The average Bonchev–Trinajstić information content (AvgIpc) is 2.42. The molecule has 0 heterocycles. The zero-order valence-corrected chi connectivity index (χ0v) is 4.28. The molecule has 0 spiro atoms. The van der Waals surface area contributed by atoms with Crippen molar-refractivity contribution in [2.45, 2.75) is 19.3 Å². The van der Waals surface area contributed by atoms with E-state index in [1.165, 1.54) is 12.8 Å². The molecule has 0 saturated heterocycles. The molecule has 0 bridgehead atoms. The summed E-state index contributed by atoms with van der Waals surface area (Å²) in [7, 11) is 0. The first kappa shape index (κ1) is 4.52. The van der Waals surface area contributed by atoms with Crippen LogP contribution < -0.4 is 5.73 Å². The van der Waals surface area contributed by atoms with Crippen LogP contribution in [0.5, 0.6) is 0 Å². The topological polar surface area (TPSA) is 26.0 Å². The van der Waals surface area contributed by atoms with E-state index in [9.17, 15) is 0 Å². The minimum absolute atomic E-state index is 0.899. The highest BCUT2D eigenvalue weighted by molar-refractivity contribution is 4.97. The van der Waals surface area contributed by atoms with Crippen LogP contribution in [0.3, 0.4) is 0 Å². The molecule has 38 valence electrons. The summed E-state index contributed by atoms with van der Waals surface area (Å²) in [5, 5.41) is 0. The van der Waals surface area contributed by atoms with Gasteiger partial charge in [-0.2, -0.15) is 0 Å². The fourth-order valence-electron chi connectivity index (χ4n) is 0.525. The number of hydrogen-bond donors (Lipinski definition) is 1. The van der Waals surface area contributed by atoms with Crippen molar-refractivity contribution < 1.29 is 0 Å². The van der Waals surface area contributed by atoms with Crippen LogP contribution in [-0.4, -0.2) is 0 Å². The summed E-state index contributed by atoms with van der Waals surface area (Å²) in [5.41, 5.74) is 4.94. The molecule has 0 aromatic rings. The SMILES string of the molecule is NC#CCC1CC1. The Morgan fingerprint density at radius 2 is 2.29 bits per heavy atom. The number of rotatable bonds is 1. The lowest BCUT2D eigenvalue weighted by Crippen LogP contribution is -1.77. The van der Waals surface area contributed by atoms with Gasteiger partial charge in [0.2, 0.25) is 0 Å². The Balaban J connectivity index is 2.05. The van der Waals surface area contributed by atoms with Crippen molar-refractivity contribution in [3.8, 4) is 12.0 Å². The minimum atomic E-state index is 0.899. The van der Waals surface area contributed by atoms with Gasteiger partial charge in [0.15, 0.2) is 0 Å². The van der Waals surface area contributed by atoms with E-state index in [1.54, 1.807) is 0 Å². The molecule has 0 aromatic heterocycles. The van der Waals surface area contributed by atoms with E-state index in [4.69, 9.17) is 5.73 Å². The summed E-state index contributed by atoms with van der Waals surface area (Å²) in [4.78, 5) is 0. The minimum Gasteiger partial charge on any atom is -0.359 e. The maximum Gasteiger partial charge on any atom is 0.0135 e. The molecule has 1 rings (SSSR count). The molecule has 1 aliphatic rings. The van der Waals surface area contributed by atoms with Gasteiger partial charge in [-0.3, -0.25) is 0 Å². The van der Waals surface area contributed by atoms with E-state index in [2.05, 4.69) is 12.0 Å². The largest absolute Gasteiger partial charge is 0.359 e. The van der Waals surface area contributed by atoms with Gasteiger partial charge < -0.3 is 5.73 Å². The Morgan fingerprint density at radius 3 is 2.71 bits per heavy atom. The maximum atomic E-state index is 4.94. The van der Waals surface area contributed by atoms with Gasteiger partial charge in [-0.05, 0) is 18.8 Å². The summed E-state index contributed by atoms with van der Waals surface area (Å²) in [5.74, 6) is 3.74. The highest BCUT2D eigenvalue weighted by Crippen LogP contribution is 2.31. The van der Waals surface area contributed by atoms with Crippen LogP contribution >= 0.6 is 0 Å². The third kappa shape index (κ3) is 1.50. The molecule has 0 radical (unpaired) electrons. The fraction of sp³-hybridized carbons (Fsp3) is 0.667. The van der Waals surface area contributed by atoms with Crippen LogP contribution in [0.1, 0.15) is 19.3 Å². The standard InChI is InChI=1S/C6H9N/c7-5-1-2-6-3-4-6/h6H,2-4,7H2. The van der Waals surface area contributed by atoms with Gasteiger partial charge in [0.05, 0.1) is 0 Å². The van der Waals surface area contributed by atoms with Crippen LogP contribution in [0.2, 0.25) is 0 Å². The second kappa shape index (κ2) is 1.88. The molecule has 0 amide bonds. The molecule has 1 nitrogen and oxygen atoms in total. The first-order valence-electron chi connectivity index (χ1n) is 2.62. The molecular formula is C6H9N. The molecule has 0 unspecified atom stereocenters. The molecule has 0 aliphatic heterocycles. The summed E-state index contributed by atoms with van der Waals surface area (Å²) < 4.78 is 0. The molecular weight excluding hydrogens is 86.1 g/mol. The van der Waals surface area contributed by atoms with Crippen LogP contribution in [0.15, 0.2) is 0 Å². The first-order chi connectivity index (χ1) is 3.43. The van der Waals surface area contributed by atoms with Gasteiger partial charge in [0, 0.05) is 12.5 Å². The second-order valence-electron chi connectivity index (χ2n) is 1.97. The van der Waals surface area contributed by atoms with Gasteiger partial charge in [0.1, 0.15) is 0 Å². The predicted octanol–water partition coefficient (Wildman–Crippen LogP) is 0.706. The molecule has 1 heteroatoms. The van der Waals surface area contributed by atoms with Crippen molar-refractivity contribution in [3.63, 3.8) is 0 Å². The third-order valence-electron chi connectivity index (χ3n) is 1.19. The van der Waals surface area contributed by atoms with Gasteiger partial charge in [-0.25, -0.2) is 0 Å². The van der Waals surface area contributed by atoms with Gasteiger partial charge >= 0.3 is 0 Å². The third-order valence-corrected chi connectivity index (χ3v) is 1.19. The van der Waals surface area contributed by atoms with Gasteiger partial charge in [0.25, 0.3) is 0 Å². The summed E-state index contributed by atoms with van der Waals surface area (Å²) in [6.07, 6.45) is 3.76. The lowest BCUT2D eigenvalue weighted by Gasteiger charge is -1.75. The molecule has 0 atom stereocenters. The van der Waals surface area contributed by atoms with E-state index in [0.29, 0.717) is 0 Å². The number of nitrogens with two attached hydrogens (primary N) is 1. The summed E-state index contributed by atoms with van der Waals surface area (Å²) >= 11 is 0. The van der Waals surface area contributed by atoms with E-state index in [1.807, 2.05) is 0 Å². The van der Waals surface area contributed by atoms with Crippen molar-refractivity contribution in [3.05, 3.63) is 0 Å². The Morgan fingerprint density at radius 1 is 1.57 bits per heavy atom.